The molecule has 8 aliphatic heterocycles. The topological polar surface area (TPSA) is 487 Å². The van der Waals surface area contributed by atoms with Gasteiger partial charge in [0.15, 0.2) is 24.4 Å². The van der Waals surface area contributed by atoms with E-state index in [1.165, 1.54) is 19.0 Å². The van der Waals surface area contributed by atoms with E-state index >= 15 is 0 Å². The van der Waals surface area contributed by atoms with Crippen molar-refractivity contribution in [3.8, 4) is 24.3 Å². The van der Waals surface area contributed by atoms with Gasteiger partial charge in [-0.2, -0.15) is 21.0 Å². The third-order valence-electron chi connectivity index (χ3n) is 26.9. The van der Waals surface area contributed by atoms with Crippen molar-refractivity contribution in [3.05, 3.63) is 120 Å². The number of ether oxygens (including phenoxy) is 6. The number of anilines is 4. The van der Waals surface area contributed by atoms with Gasteiger partial charge in [0, 0.05) is 162 Å². The molecule has 37 heteroatoms. The number of morpholine rings is 4. The zero-order valence-corrected chi connectivity index (χ0v) is 75.6. The minimum atomic E-state index is -0.986. The Morgan fingerprint density at radius 3 is 0.954 bits per heavy atom. The quantitative estimate of drug-likeness (QED) is 0.0791. The second kappa shape index (κ2) is 37.1. The van der Waals surface area contributed by atoms with Crippen LogP contribution in [0.1, 0.15) is 143 Å². The zero-order valence-electron chi connectivity index (χ0n) is 75.6. The average molecular weight is 1790 g/mol. The number of aromatic nitrogens is 8. The number of nitrogens with two attached hydrogens (primary N) is 2. The third kappa shape index (κ3) is 20.1. The van der Waals surface area contributed by atoms with Gasteiger partial charge < -0.3 is 95.2 Å². The fourth-order valence-corrected chi connectivity index (χ4v) is 19.6. The highest BCUT2D eigenvalue weighted by atomic mass is 16.6. The van der Waals surface area contributed by atoms with Crippen LogP contribution in [0, 0.1) is 67.0 Å². The molecule has 4 spiro atoms. The summed E-state index contributed by atoms with van der Waals surface area (Å²) in [7, 11) is 0. The van der Waals surface area contributed by atoms with Gasteiger partial charge in [0.25, 0.3) is 17.7 Å². The number of aliphatic carboxylic acids is 1. The number of carboxylic acids is 1. The van der Waals surface area contributed by atoms with Gasteiger partial charge in [-0.3, -0.25) is 54.3 Å². The van der Waals surface area contributed by atoms with Crippen LogP contribution in [0.2, 0.25) is 0 Å². The Balaban J connectivity index is 0.000000122. The van der Waals surface area contributed by atoms with Crippen LogP contribution in [-0.2, 0) is 47.6 Å². The lowest BCUT2D eigenvalue weighted by atomic mass is 10.0. The van der Waals surface area contributed by atoms with Gasteiger partial charge in [-0.1, -0.05) is 0 Å². The lowest BCUT2D eigenvalue weighted by Crippen LogP contribution is -2.53. The molecule has 20 rings (SSSR count). The molecule has 8 aromatic rings. The van der Waals surface area contributed by atoms with Crippen LogP contribution in [0.3, 0.4) is 0 Å². The van der Waals surface area contributed by atoms with Crippen LogP contribution in [-0.4, -0.2) is 284 Å². The summed E-state index contributed by atoms with van der Waals surface area (Å²) in [5, 5.41) is 55.9. The van der Waals surface area contributed by atoms with Crippen molar-refractivity contribution in [2.24, 2.45) is 33.1 Å². The Bertz CT molecular complexity index is 5710. The van der Waals surface area contributed by atoms with Gasteiger partial charge in [-0.25, -0.2) is 14.4 Å². The summed E-state index contributed by atoms with van der Waals surface area (Å²) in [5.41, 5.74) is 22.2. The number of carboxylic acid groups (broad SMARTS) is 1. The van der Waals surface area contributed by atoms with Crippen molar-refractivity contribution in [3.63, 3.8) is 0 Å². The minimum Gasteiger partial charge on any atom is -0.479 e. The molecule has 8 saturated heterocycles. The number of benzene rings is 4. The number of nitriles is 4. The molecule has 37 nitrogen and oxygen atoms in total. The molecule has 8 N–H and O–H groups in total. The van der Waals surface area contributed by atoms with Crippen LogP contribution in [0.25, 0.3) is 44.1 Å². The van der Waals surface area contributed by atoms with Gasteiger partial charge in [-0.05, 0) is 169 Å². The Hall–Kier alpha value is -12.5. The second-order valence-corrected chi connectivity index (χ2v) is 39.0. The normalized spacial score (nSPS) is 26.1. The van der Waals surface area contributed by atoms with Gasteiger partial charge in [-0.15, -0.1) is 0 Å². The molecule has 5 amide bonds. The summed E-state index contributed by atoms with van der Waals surface area (Å²) < 4.78 is 34.3. The molecule has 0 bridgehead atoms. The van der Waals surface area contributed by atoms with E-state index < -0.39 is 47.7 Å². The van der Waals surface area contributed by atoms with E-state index in [1.807, 2.05) is 107 Å². The first-order chi connectivity index (χ1) is 62.6. The molecule has 4 aromatic heterocycles. The predicted molar refractivity (Wildman–Crippen MR) is 482 cm³/mol. The standard InChI is InChI=1S/C26H32N6O4.2C21H24N6O2.C15H14N4O3.C11H20N2O2/c1-16-12-31(18-6-5-17(11-27)21-22(18)29-10-9-28-21)13-19(35-16)23(33)32-14-20(26(15-32)7-8-26)30-24(34)36-25(2,3)4;2*1-13-9-26(15-3-2-14(8-22)18-19(15)25-7-6-24-18)10-16(29-13)20(28)27-11-17(23)21(12-27)4-5-21;1-9-7-19(8-12(22-9)15(20)21)11-3-2-10(6-16)13-14(11)18-5-4-17-13;1-10(2,3)15-9(14)13-8-6-12-7-11(8)4-5-11/h5-6,9-10,16,19-20H,7-8,12-15H2,1-4H3,(H,30,34);2*2-3,6-7,13,16-17H,4-5,9-12,23H2,1H3;2-5,9,12H,7-8H2,1H3,(H,20,21);8,12H,4-7H2,1-3H3,(H,13,14)/t16-,19-,20-;2*13-,16-,17-;9-,12-;8-/m11111/s1. The van der Waals surface area contributed by atoms with Crippen LogP contribution >= 0.6 is 0 Å². The van der Waals surface area contributed by atoms with E-state index in [0.717, 1.165) is 87.5 Å². The number of rotatable bonds is 10. The first kappa shape index (κ1) is 91.8. The maximum atomic E-state index is 13.6. The Morgan fingerprint density at radius 1 is 0.397 bits per heavy atom. The molecule has 4 aromatic carbocycles. The lowest BCUT2D eigenvalue weighted by Gasteiger charge is -2.39. The number of amides is 5. The third-order valence-corrected chi connectivity index (χ3v) is 26.9. The van der Waals surface area contributed by atoms with Crippen molar-refractivity contribution in [1.29, 1.82) is 21.0 Å². The molecule has 4 saturated carbocycles. The van der Waals surface area contributed by atoms with Crippen LogP contribution in [0.4, 0.5) is 32.3 Å². The molecule has 12 heterocycles. The molecule has 0 unspecified atom stereocenters. The molecule has 0 radical (unpaired) electrons. The maximum absolute atomic E-state index is 13.6. The number of likely N-dealkylation sites (tertiary alicyclic amines) is 3. The minimum absolute atomic E-state index is 0.0183. The number of carbonyl (C=O) groups excluding carboxylic acids is 5. The van der Waals surface area contributed by atoms with Gasteiger partial charge in [0.2, 0.25) is 0 Å². The Labute approximate surface area is 759 Å². The molecule has 4 aliphatic carbocycles. The monoisotopic (exact) mass is 1790 g/mol. The highest BCUT2D eigenvalue weighted by molar-refractivity contribution is 5.96. The summed E-state index contributed by atoms with van der Waals surface area (Å²) in [6.07, 6.45) is 17.6. The van der Waals surface area contributed by atoms with E-state index in [2.05, 4.69) is 94.8 Å². The number of carbonyl (C=O) groups is 6. The number of alkyl carbamates (subject to hydrolysis) is 2. The van der Waals surface area contributed by atoms with E-state index in [1.54, 1.807) is 73.7 Å². The van der Waals surface area contributed by atoms with Gasteiger partial charge in [0.1, 0.15) is 79.6 Å². The predicted octanol–water partition coefficient (Wildman–Crippen LogP) is 7.14. The first-order valence-corrected chi connectivity index (χ1v) is 45.1. The summed E-state index contributed by atoms with van der Waals surface area (Å²) in [6.45, 7) is 28.5. The van der Waals surface area contributed by atoms with Gasteiger partial charge in [0.05, 0.1) is 108 Å². The lowest BCUT2D eigenvalue weighted by molar-refractivity contribution is -0.154. The van der Waals surface area contributed by atoms with Gasteiger partial charge >= 0.3 is 18.2 Å². The molecule has 688 valence electrons. The summed E-state index contributed by atoms with van der Waals surface area (Å²) in [4.78, 5) is 124. The molecular weight excluding hydrogens is 1670 g/mol. The molecule has 12 fully saturated rings. The summed E-state index contributed by atoms with van der Waals surface area (Å²) in [6, 6.07) is 23.3. The maximum Gasteiger partial charge on any atom is 0.407 e. The van der Waals surface area contributed by atoms with Crippen LogP contribution < -0.4 is 47.0 Å². The van der Waals surface area contributed by atoms with Crippen molar-refractivity contribution in [2.75, 3.05) is 124 Å². The summed E-state index contributed by atoms with van der Waals surface area (Å²) in [5.74, 6) is -1.02. The van der Waals surface area contributed by atoms with Crippen LogP contribution in [0.15, 0.2) is 98.1 Å². The van der Waals surface area contributed by atoms with E-state index in [9.17, 15) is 49.7 Å². The van der Waals surface area contributed by atoms with Crippen LogP contribution in [0.5, 0.6) is 0 Å². The fraction of sp³-hybridized carbons (Fsp3) is 0.553. The smallest absolute Gasteiger partial charge is 0.407 e. The second-order valence-electron chi connectivity index (χ2n) is 39.0. The van der Waals surface area contributed by atoms with Crippen molar-refractivity contribution in [2.45, 2.75) is 205 Å². The SMILES string of the molecule is CC(C)(C)OC(=O)N[C@@H]1CNCC12CC2.C[C@@H]1CN(c2ccc(C#N)c3nccnc23)C[C@H](C(=O)N2C[C@@H](N)C3(CC3)C2)O1.C[C@@H]1CN(c2ccc(C#N)c3nccnc23)C[C@H](C(=O)N2C[C@@H](N)C3(CC3)C2)O1.C[C@@H]1CN(c2ccc(C#N)c3nccnc23)C[C@H](C(=O)N2C[C@@H](NC(=O)OC(C)(C)C)C3(CC3)C2)O1.C[C@@H]1CN(c2ccc(C#N)c3nccnc23)C[C@H](C(=O)O)O1. The number of fused-ring (bicyclic) bond motifs is 4. The fourth-order valence-electron chi connectivity index (χ4n) is 19.6. The molecular formula is C94H114N24O13. The zero-order chi connectivity index (χ0) is 92.8. The van der Waals surface area contributed by atoms with E-state index in [-0.39, 0.29) is 95.2 Å². The van der Waals surface area contributed by atoms with E-state index in [4.69, 9.17) is 45.2 Å². The van der Waals surface area contributed by atoms with Crippen molar-refractivity contribution in [1.82, 2.24) is 70.5 Å². The molecule has 12 aliphatic rings. The average Bonchev–Trinajstić information content (AvgIpc) is 1.57. The number of nitrogens with zero attached hydrogens (tertiary/aromatic N) is 19. The Kier molecular flexibility index (Phi) is 26.0. The molecule has 131 heavy (non-hydrogen) atoms. The van der Waals surface area contributed by atoms with Crippen molar-refractivity contribution < 1.29 is 62.3 Å². The highest BCUT2D eigenvalue weighted by Gasteiger charge is 2.60. The van der Waals surface area contributed by atoms with E-state index in [0.29, 0.717) is 144 Å². The highest BCUT2D eigenvalue weighted by Crippen LogP contribution is 2.55. The largest absolute Gasteiger partial charge is 0.479 e. The molecule has 12 atom stereocenters. The first-order valence-electron chi connectivity index (χ1n) is 45.1. The number of hydrogen-bond donors (Lipinski definition) is 6. The van der Waals surface area contributed by atoms with Crippen molar-refractivity contribution >= 4 is 103 Å². The number of hydrogen-bond acceptors (Lipinski definition) is 31. The summed E-state index contributed by atoms with van der Waals surface area (Å²) >= 11 is 0. The Morgan fingerprint density at radius 2 is 0.672 bits per heavy atom. The number of nitrogens with one attached hydrogen (secondary N) is 3.